The molecule has 0 aliphatic heterocycles. The zero-order valence-corrected chi connectivity index (χ0v) is 23.8. The van der Waals surface area contributed by atoms with Crippen LogP contribution >= 0.6 is 0 Å². The van der Waals surface area contributed by atoms with E-state index < -0.39 is 25.6 Å². The zero-order valence-electron chi connectivity index (χ0n) is 22.1. The summed E-state index contributed by atoms with van der Waals surface area (Å²) in [6, 6.07) is 39.4. The van der Waals surface area contributed by atoms with Gasteiger partial charge in [-0.3, -0.25) is 9.44 Å². The molecule has 0 amide bonds. The SMILES string of the molecule is COC(c1ccccc1)(c1ccccc1)c1cc(NS(=O)(=O)c2ccccc2)ccc1NS(=O)(=O)c1ccccc1. The van der Waals surface area contributed by atoms with Gasteiger partial charge in [0.25, 0.3) is 20.0 Å². The number of hydrogen-bond donors (Lipinski definition) is 2. The molecule has 0 atom stereocenters. The van der Waals surface area contributed by atoms with Gasteiger partial charge in [-0.1, -0.05) is 97.1 Å². The second-order valence-electron chi connectivity index (χ2n) is 9.21. The van der Waals surface area contributed by atoms with E-state index in [1.54, 1.807) is 42.5 Å². The Hall–Kier alpha value is -4.44. The molecule has 0 heterocycles. The molecule has 0 saturated carbocycles. The van der Waals surface area contributed by atoms with Crippen molar-refractivity contribution < 1.29 is 21.6 Å². The number of methoxy groups -OCH3 is 1. The maximum Gasteiger partial charge on any atom is 0.261 e. The molecule has 2 N–H and O–H groups in total. The molecule has 5 rings (SSSR count). The summed E-state index contributed by atoms with van der Waals surface area (Å²) in [5.41, 5.74) is 0.982. The standard InChI is InChI=1S/C32H28N2O5S2/c1-39-32(25-14-6-2-7-15-25,26-16-8-3-9-17-26)30-24-27(33-40(35,36)28-18-10-4-11-19-28)22-23-31(30)34-41(37,38)29-20-12-5-13-21-29/h2-24,33-34H,1H3. The molecule has 7 nitrogen and oxygen atoms in total. The quantitative estimate of drug-likeness (QED) is 0.190. The molecular formula is C32H28N2O5S2. The minimum Gasteiger partial charge on any atom is -0.364 e. The Morgan fingerprint density at radius 3 is 1.39 bits per heavy atom. The largest absolute Gasteiger partial charge is 0.364 e. The smallest absolute Gasteiger partial charge is 0.261 e. The minimum atomic E-state index is -4.00. The van der Waals surface area contributed by atoms with Crippen LogP contribution in [0.2, 0.25) is 0 Å². The predicted octanol–water partition coefficient (Wildman–Crippen LogP) is 6.23. The van der Waals surface area contributed by atoms with Crippen molar-refractivity contribution in [1.29, 1.82) is 0 Å². The second-order valence-corrected chi connectivity index (χ2v) is 12.6. The van der Waals surface area contributed by atoms with Crippen molar-refractivity contribution in [2.45, 2.75) is 15.4 Å². The number of benzene rings is 5. The normalized spacial score (nSPS) is 12.0. The van der Waals surface area contributed by atoms with Crippen molar-refractivity contribution in [3.05, 3.63) is 156 Å². The average Bonchev–Trinajstić information content (AvgIpc) is 3.01. The lowest BCUT2D eigenvalue weighted by Crippen LogP contribution is -2.33. The van der Waals surface area contributed by atoms with Gasteiger partial charge in [0.05, 0.1) is 15.5 Å². The Morgan fingerprint density at radius 1 is 0.537 bits per heavy atom. The van der Waals surface area contributed by atoms with Gasteiger partial charge in [0.15, 0.2) is 0 Å². The van der Waals surface area contributed by atoms with Gasteiger partial charge < -0.3 is 4.74 Å². The fourth-order valence-electron chi connectivity index (χ4n) is 4.77. The summed E-state index contributed by atoms with van der Waals surface area (Å²) in [6.45, 7) is 0. The van der Waals surface area contributed by atoms with E-state index >= 15 is 0 Å². The van der Waals surface area contributed by atoms with Gasteiger partial charge >= 0.3 is 0 Å². The molecule has 0 unspecified atom stereocenters. The molecule has 0 aliphatic rings. The van der Waals surface area contributed by atoms with Crippen LogP contribution < -0.4 is 9.44 Å². The summed E-state index contributed by atoms with van der Waals surface area (Å²) < 4.78 is 65.1. The van der Waals surface area contributed by atoms with E-state index in [9.17, 15) is 16.8 Å². The minimum absolute atomic E-state index is 0.0854. The van der Waals surface area contributed by atoms with Crippen LogP contribution in [0, 0.1) is 0 Å². The van der Waals surface area contributed by atoms with E-state index in [4.69, 9.17) is 4.74 Å². The number of hydrogen-bond acceptors (Lipinski definition) is 5. The first kappa shape index (κ1) is 28.1. The van der Waals surface area contributed by atoms with Crippen molar-refractivity contribution in [2.75, 3.05) is 16.6 Å². The van der Waals surface area contributed by atoms with Crippen molar-refractivity contribution in [3.63, 3.8) is 0 Å². The highest BCUT2D eigenvalue weighted by atomic mass is 32.2. The molecular weight excluding hydrogens is 556 g/mol. The Balaban J connectivity index is 1.74. The topological polar surface area (TPSA) is 102 Å². The molecule has 9 heteroatoms. The highest BCUT2D eigenvalue weighted by Crippen LogP contribution is 2.44. The monoisotopic (exact) mass is 584 g/mol. The molecule has 0 aromatic heterocycles. The van der Waals surface area contributed by atoms with Crippen molar-refractivity contribution in [2.24, 2.45) is 0 Å². The molecule has 5 aromatic carbocycles. The van der Waals surface area contributed by atoms with Gasteiger partial charge in [-0.25, -0.2) is 16.8 Å². The lowest BCUT2D eigenvalue weighted by Gasteiger charge is -2.36. The summed E-state index contributed by atoms with van der Waals surface area (Å²) in [5.74, 6) is 0. The van der Waals surface area contributed by atoms with Crippen LogP contribution in [0.5, 0.6) is 0 Å². The summed E-state index contributed by atoms with van der Waals surface area (Å²) in [7, 11) is -6.40. The third-order valence-electron chi connectivity index (χ3n) is 6.67. The number of rotatable bonds is 10. The van der Waals surface area contributed by atoms with Gasteiger partial charge in [0.2, 0.25) is 0 Å². The summed E-state index contributed by atoms with van der Waals surface area (Å²) >= 11 is 0. The van der Waals surface area contributed by atoms with Gasteiger partial charge in [-0.2, -0.15) is 0 Å². The first-order valence-corrected chi connectivity index (χ1v) is 15.7. The molecule has 0 saturated heterocycles. The third kappa shape index (κ3) is 5.74. The van der Waals surface area contributed by atoms with Gasteiger partial charge in [0.1, 0.15) is 5.60 Å². The van der Waals surface area contributed by atoms with Crippen LogP contribution in [0.25, 0.3) is 0 Å². The average molecular weight is 585 g/mol. The van der Waals surface area contributed by atoms with Crippen LogP contribution in [-0.4, -0.2) is 23.9 Å². The Kier molecular flexibility index (Phi) is 7.94. The molecule has 0 fully saturated rings. The van der Waals surface area contributed by atoms with Crippen molar-refractivity contribution in [1.82, 2.24) is 0 Å². The molecule has 0 bridgehead atoms. The summed E-state index contributed by atoms with van der Waals surface area (Å²) in [4.78, 5) is 0.182. The number of ether oxygens (including phenoxy) is 1. The summed E-state index contributed by atoms with van der Waals surface area (Å²) in [5, 5.41) is 0. The highest BCUT2D eigenvalue weighted by molar-refractivity contribution is 7.93. The van der Waals surface area contributed by atoms with Gasteiger partial charge in [0, 0.05) is 18.4 Å². The molecule has 0 radical (unpaired) electrons. The third-order valence-corrected chi connectivity index (χ3v) is 9.45. The van der Waals surface area contributed by atoms with E-state index in [1.165, 1.54) is 43.5 Å². The van der Waals surface area contributed by atoms with E-state index in [2.05, 4.69) is 9.44 Å². The summed E-state index contributed by atoms with van der Waals surface area (Å²) in [6.07, 6.45) is 0. The Morgan fingerprint density at radius 2 is 0.951 bits per heavy atom. The van der Waals surface area contributed by atoms with E-state index in [-0.39, 0.29) is 21.2 Å². The predicted molar refractivity (Wildman–Crippen MR) is 161 cm³/mol. The van der Waals surface area contributed by atoms with Crippen LogP contribution in [0.1, 0.15) is 16.7 Å². The van der Waals surface area contributed by atoms with Crippen LogP contribution in [0.4, 0.5) is 11.4 Å². The van der Waals surface area contributed by atoms with E-state index in [0.717, 1.165) is 11.1 Å². The van der Waals surface area contributed by atoms with Gasteiger partial charge in [-0.05, 0) is 53.6 Å². The number of anilines is 2. The second kappa shape index (κ2) is 11.6. The first-order valence-electron chi connectivity index (χ1n) is 12.7. The maximum atomic E-state index is 13.5. The molecule has 5 aromatic rings. The Bertz CT molecular complexity index is 1790. The van der Waals surface area contributed by atoms with E-state index in [1.807, 2.05) is 60.7 Å². The Labute approximate surface area is 240 Å². The molecule has 41 heavy (non-hydrogen) atoms. The van der Waals surface area contributed by atoms with Crippen LogP contribution in [-0.2, 0) is 30.4 Å². The lowest BCUT2D eigenvalue weighted by atomic mass is 9.79. The maximum absolute atomic E-state index is 13.5. The van der Waals surface area contributed by atoms with Crippen molar-refractivity contribution >= 4 is 31.4 Å². The number of sulfonamides is 2. The fourth-order valence-corrected chi connectivity index (χ4v) is 6.95. The van der Waals surface area contributed by atoms with Crippen molar-refractivity contribution in [3.8, 4) is 0 Å². The highest BCUT2D eigenvalue weighted by Gasteiger charge is 2.39. The number of nitrogens with one attached hydrogen (secondary N) is 2. The van der Waals surface area contributed by atoms with E-state index in [0.29, 0.717) is 5.56 Å². The van der Waals surface area contributed by atoms with Gasteiger partial charge in [-0.15, -0.1) is 0 Å². The molecule has 0 spiro atoms. The lowest BCUT2D eigenvalue weighted by molar-refractivity contribution is 0.0592. The molecule has 208 valence electrons. The van der Waals surface area contributed by atoms with Crippen LogP contribution in [0.15, 0.2) is 149 Å². The first-order chi connectivity index (χ1) is 19.8. The fraction of sp³-hybridized carbons (Fsp3) is 0.0625. The zero-order chi connectivity index (χ0) is 28.9. The molecule has 0 aliphatic carbocycles. The van der Waals surface area contributed by atoms with Crippen LogP contribution in [0.3, 0.4) is 0 Å².